The summed E-state index contributed by atoms with van der Waals surface area (Å²) in [7, 11) is 0. The molecule has 0 radical (unpaired) electrons. The number of halogens is 2. The van der Waals surface area contributed by atoms with E-state index in [1.807, 2.05) is 6.92 Å². The molecule has 3 rings (SSSR count). The van der Waals surface area contributed by atoms with Crippen LogP contribution in [0.1, 0.15) is 54.9 Å². The van der Waals surface area contributed by atoms with Gasteiger partial charge in [-0.2, -0.15) is 5.10 Å². The standard InChI is InChI=1S/C23H24Cl2N2O4/c1-2-30-21-12-15(14-26-27-22(28)16-6-4-3-5-7-16)8-11-20(21)31-23(29)18-10-9-17(24)13-19(18)25/h8-14,16H,2-7H2,1H3,(H,27,28)/b26-14-. The van der Waals surface area contributed by atoms with Crippen LogP contribution in [-0.4, -0.2) is 24.7 Å². The van der Waals surface area contributed by atoms with Crippen LogP contribution in [0.15, 0.2) is 41.5 Å². The van der Waals surface area contributed by atoms with Gasteiger partial charge >= 0.3 is 5.97 Å². The van der Waals surface area contributed by atoms with E-state index >= 15 is 0 Å². The summed E-state index contributed by atoms with van der Waals surface area (Å²) in [5.74, 6) is -0.00808. The molecule has 1 fully saturated rings. The van der Waals surface area contributed by atoms with Crippen LogP contribution >= 0.6 is 23.2 Å². The number of amides is 1. The van der Waals surface area contributed by atoms with Gasteiger partial charge in [0.25, 0.3) is 0 Å². The van der Waals surface area contributed by atoms with Gasteiger partial charge in [-0.25, -0.2) is 10.2 Å². The molecule has 1 amide bonds. The number of hydrazone groups is 1. The molecule has 2 aromatic rings. The number of hydrogen-bond donors (Lipinski definition) is 1. The summed E-state index contributed by atoms with van der Waals surface area (Å²) in [6, 6.07) is 9.55. The van der Waals surface area contributed by atoms with Crippen molar-refractivity contribution in [2.75, 3.05) is 6.61 Å². The van der Waals surface area contributed by atoms with Crippen LogP contribution < -0.4 is 14.9 Å². The lowest BCUT2D eigenvalue weighted by Crippen LogP contribution is -2.28. The Morgan fingerprint density at radius 1 is 1.10 bits per heavy atom. The average molecular weight is 463 g/mol. The number of ether oxygens (including phenoxy) is 2. The van der Waals surface area contributed by atoms with Crippen molar-refractivity contribution in [3.63, 3.8) is 0 Å². The van der Waals surface area contributed by atoms with Gasteiger partial charge in [0.05, 0.1) is 23.4 Å². The van der Waals surface area contributed by atoms with E-state index in [0.717, 1.165) is 25.7 Å². The third-order valence-corrected chi connectivity index (χ3v) is 5.53. The molecule has 1 aliphatic rings. The lowest BCUT2D eigenvalue weighted by molar-refractivity contribution is -0.125. The minimum atomic E-state index is -0.621. The fourth-order valence-electron chi connectivity index (χ4n) is 3.39. The quantitative estimate of drug-likeness (QED) is 0.250. The third-order valence-electron chi connectivity index (χ3n) is 4.99. The summed E-state index contributed by atoms with van der Waals surface area (Å²) in [5, 5.41) is 4.69. The van der Waals surface area contributed by atoms with Crippen molar-refractivity contribution in [1.29, 1.82) is 0 Å². The number of esters is 1. The molecular weight excluding hydrogens is 439 g/mol. The number of nitrogens with zero attached hydrogens (tertiary/aromatic N) is 1. The Hall–Kier alpha value is -2.57. The molecule has 0 atom stereocenters. The van der Waals surface area contributed by atoms with Crippen molar-refractivity contribution >= 4 is 41.3 Å². The molecule has 1 N–H and O–H groups in total. The van der Waals surface area contributed by atoms with Crippen molar-refractivity contribution < 1.29 is 19.1 Å². The molecule has 2 aromatic carbocycles. The highest BCUT2D eigenvalue weighted by Crippen LogP contribution is 2.30. The van der Waals surface area contributed by atoms with E-state index in [9.17, 15) is 9.59 Å². The van der Waals surface area contributed by atoms with Gasteiger partial charge < -0.3 is 9.47 Å². The topological polar surface area (TPSA) is 77.0 Å². The number of benzene rings is 2. The fraction of sp³-hybridized carbons (Fsp3) is 0.348. The van der Waals surface area contributed by atoms with Crippen LogP contribution in [0.25, 0.3) is 0 Å². The van der Waals surface area contributed by atoms with Gasteiger partial charge in [0.2, 0.25) is 5.91 Å². The van der Waals surface area contributed by atoms with Crippen LogP contribution in [0, 0.1) is 5.92 Å². The van der Waals surface area contributed by atoms with Crippen LogP contribution in [0.3, 0.4) is 0 Å². The summed E-state index contributed by atoms with van der Waals surface area (Å²) in [6.07, 6.45) is 6.71. The number of carbonyl (C=O) groups is 2. The second kappa shape index (κ2) is 11.2. The van der Waals surface area contributed by atoms with Crippen LogP contribution in [-0.2, 0) is 4.79 Å². The highest BCUT2D eigenvalue weighted by Gasteiger charge is 2.20. The van der Waals surface area contributed by atoms with E-state index in [1.54, 1.807) is 24.3 Å². The van der Waals surface area contributed by atoms with E-state index in [0.29, 0.717) is 22.9 Å². The van der Waals surface area contributed by atoms with Crippen LogP contribution in [0.5, 0.6) is 11.5 Å². The Balaban J connectivity index is 1.68. The highest BCUT2D eigenvalue weighted by atomic mass is 35.5. The van der Waals surface area contributed by atoms with Crippen LogP contribution in [0.2, 0.25) is 10.0 Å². The summed E-state index contributed by atoms with van der Waals surface area (Å²) in [6.45, 7) is 2.21. The van der Waals surface area contributed by atoms with Gasteiger partial charge in [-0.3, -0.25) is 4.79 Å². The van der Waals surface area contributed by atoms with E-state index in [1.165, 1.54) is 24.8 Å². The summed E-state index contributed by atoms with van der Waals surface area (Å²) in [5.41, 5.74) is 3.50. The van der Waals surface area contributed by atoms with E-state index in [2.05, 4.69) is 10.5 Å². The normalized spacial score (nSPS) is 14.4. The number of hydrogen-bond acceptors (Lipinski definition) is 5. The molecule has 164 valence electrons. The summed E-state index contributed by atoms with van der Waals surface area (Å²) in [4.78, 5) is 24.7. The first-order valence-corrected chi connectivity index (χ1v) is 11.0. The SMILES string of the molecule is CCOc1cc(/C=N\NC(=O)C2CCCCC2)ccc1OC(=O)c1ccc(Cl)cc1Cl. The molecule has 6 nitrogen and oxygen atoms in total. The second-order valence-corrected chi connectivity index (χ2v) is 8.07. The zero-order valence-corrected chi connectivity index (χ0v) is 18.7. The highest BCUT2D eigenvalue weighted by molar-refractivity contribution is 6.36. The third kappa shape index (κ3) is 6.45. The molecule has 8 heteroatoms. The van der Waals surface area contributed by atoms with Crippen molar-refractivity contribution in [2.45, 2.75) is 39.0 Å². The zero-order chi connectivity index (χ0) is 22.2. The van der Waals surface area contributed by atoms with Gasteiger partial charge in [-0.05, 0) is 61.7 Å². The van der Waals surface area contributed by atoms with E-state index in [-0.39, 0.29) is 28.2 Å². The fourth-order valence-corrected chi connectivity index (χ4v) is 3.88. The molecule has 0 unspecified atom stereocenters. The number of nitrogens with one attached hydrogen (secondary N) is 1. The summed E-state index contributed by atoms with van der Waals surface area (Å²) >= 11 is 12.0. The maximum absolute atomic E-state index is 12.5. The molecule has 0 saturated heterocycles. The molecule has 0 heterocycles. The van der Waals surface area contributed by atoms with Gasteiger partial charge in [-0.15, -0.1) is 0 Å². The van der Waals surface area contributed by atoms with Crippen molar-refractivity contribution in [3.05, 3.63) is 57.6 Å². The van der Waals surface area contributed by atoms with Crippen LogP contribution in [0.4, 0.5) is 0 Å². The lowest BCUT2D eigenvalue weighted by Gasteiger charge is -2.19. The Kier molecular flexibility index (Phi) is 8.32. The van der Waals surface area contributed by atoms with E-state index < -0.39 is 5.97 Å². The number of rotatable bonds is 7. The van der Waals surface area contributed by atoms with Gasteiger partial charge in [0.1, 0.15) is 0 Å². The van der Waals surface area contributed by atoms with Gasteiger partial charge in [0.15, 0.2) is 11.5 Å². The Morgan fingerprint density at radius 3 is 2.58 bits per heavy atom. The average Bonchev–Trinajstić information content (AvgIpc) is 2.76. The Morgan fingerprint density at radius 2 is 1.87 bits per heavy atom. The molecular formula is C23H24Cl2N2O4. The monoisotopic (exact) mass is 462 g/mol. The van der Waals surface area contributed by atoms with Crippen molar-refractivity contribution in [1.82, 2.24) is 5.43 Å². The minimum absolute atomic E-state index is 0.0337. The van der Waals surface area contributed by atoms with E-state index in [4.69, 9.17) is 32.7 Å². The molecule has 0 bridgehead atoms. The summed E-state index contributed by atoms with van der Waals surface area (Å²) < 4.78 is 11.1. The predicted octanol–water partition coefficient (Wildman–Crippen LogP) is 5.64. The first-order valence-electron chi connectivity index (χ1n) is 10.2. The first kappa shape index (κ1) is 23.1. The predicted molar refractivity (Wildman–Crippen MR) is 121 cm³/mol. The largest absolute Gasteiger partial charge is 0.490 e. The van der Waals surface area contributed by atoms with Crippen molar-refractivity contribution in [3.8, 4) is 11.5 Å². The molecule has 0 spiro atoms. The Bertz CT molecular complexity index is 972. The molecule has 1 saturated carbocycles. The molecule has 1 aliphatic carbocycles. The smallest absolute Gasteiger partial charge is 0.345 e. The van der Waals surface area contributed by atoms with Crippen molar-refractivity contribution in [2.24, 2.45) is 11.0 Å². The molecule has 0 aliphatic heterocycles. The number of carbonyl (C=O) groups excluding carboxylic acids is 2. The molecule has 31 heavy (non-hydrogen) atoms. The minimum Gasteiger partial charge on any atom is -0.490 e. The van der Waals surface area contributed by atoms with Gasteiger partial charge in [0, 0.05) is 10.9 Å². The second-order valence-electron chi connectivity index (χ2n) is 7.22. The lowest BCUT2D eigenvalue weighted by atomic mass is 9.89. The zero-order valence-electron chi connectivity index (χ0n) is 17.2. The van der Waals surface area contributed by atoms with Gasteiger partial charge in [-0.1, -0.05) is 42.5 Å². The first-order chi connectivity index (χ1) is 15.0. The maximum Gasteiger partial charge on any atom is 0.345 e. The molecule has 0 aromatic heterocycles. The maximum atomic E-state index is 12.5. The Labute approximate surface area is 191 Å².